The number of aryl methyl sites for hydroxylation is 2. The van der Waals surface area contributed by atoms with Crippen LogP contribution in [0.4, 0.5) is 5.69 Å². The lowest BCUT2D eigenvalue weighted by Crippen LogP contribution is -2.23. The van der Waals surface area contributed by atoms with Crippen molar-refractivity contribution in [3.05, 3.63) is 64.0 Å². The van der Waals surface area contributed by atoms with E-state index in [-0.39, 0.29) is 16.7 Å². The number of nitro groups is 1. The largest absolute Gasteiger partial charge is 0.351 e. The molecular weight excluding hydrogens is 266 g/mol. The Labute approximate surface area is 124 Å². The summed E-state index contributed by atoms with van der Waals surface area (Å²) >= 11 is 0. The van der Waals surface area contributed by atoms with E-state index in [4.69, 9.17) is 5.73 Å². The molecule has 0 aliphatic carbocycles. The molecule has 2 aromatic rings. The summed E-state index contributed by atoms with van der Waals surface area (Å²) in [6.07, 6.45) is 4.75. The van der Waals surface area contributed by atoms with Crippen molar-refractivity contribution in [3.8, 4) is 0 Å². The Bertz CT molecular complexity index is 590. The van der Waals surface area contributed by atoms with Gasteiger partial charge in [0.1, 0.15) is 0 Å². The van der Waals surface area contributed by atoms with E-state index in [2.05, 4.69) is 23.8 Å². The first-order valence-corrected chi connectivity index (χ1v) is 7.23. The SMILES string of the molecule is CCC(N)Cc1cccn1CCc1ccc([N+](=O)[O-])cc1. The normalized spacial score (nSPS) is 12.3. The van der Waals surface area contributed by atoms with E-state index < -0.39 is 0 Å². The van der Waals surface area contributed by atoms with Crippen molar-refractivity contribution in [3.63, 3.8) is 0 Å². The highest BCUT2D eigenvalue weighted by atomic mass is 16.6. The first kappa shape index (κ1) is 15.3. The van der Waals surface area contributed by atoms with Crippen LogP contribution in [0.3, 0.4) is 0 Å². The smallest absolute Gasteiger partial charge is 0.269 e. The van der Waals surface area contributed by atoms with Gasteiger partial charge in [-0.05, 0) is 30.5 Å². The van der Waals surface area contributed by atoms with Crippen LogP contribution in [0.1, 0.15) is 24.6 Å². The number of hydrogen-bond donors (Lipinski definition) is 1. The van der Waals surface area contributed by atoms with Crippen molar-refractivity contribution in [2.24, 2.45) is 5.73 Å². The number of hydrogen-bond acceptors (Lipinski definition) is 3. The Hall–Kier alpha value is -2.14. The van der Waals surface area contributed by atoms with E-state index in [0.29, 0.717) is 0 Å². The van der Waals surface area contributed by atoms with Gasteiger partial charge < -0.3 is 10.3 Å². The van der Waals surface area contributed by atoms with Gasteiger partial charge in [0.2, 0.25) is 0 Å². The van der Waals surface area contributed by atoms with Crippen LogP contribution >= 0.6 is 0 Å². The third-order valence-electron chi connectivity index (χ3n) is 3.71. The zero-order valence-electron chi connectivity index (χ0n) is 12.2. The third kappa shape index (κ3) is 4.16. The minimum Gasteiger partial charge on any atom is -0.351 e. The summed E-state index contributed by atoms with van der Waals surface area (Å²) in [6, 6.07) is 11.1. The summed E-state index contributed by atoms with van der Waals surface area (Å²) in [5.41, 5.74) is 8.48. The van der Waals surface area contributed by atoms with Crippen molar-refractivity contribution in [2.75, 3.05) is 0 Å². The molecule has 0 saturated carbocycles. The predicted octanol–water partition coefficient (Wildman–Crippen LogP) is 2.92. The highest BCUT2D eigenvalue weighted by Gasteiger charge is 2.07. The van der Waals surface area contributed by atoms with Crippen LogP contribution in [0, 0.1) is 10.1 Å². The summed E-state index contributed by atoms with van der Waals surface area (Å²) in [6.45, 7) is 2.95. The van der Waals surface area contributed by atoms with E-state index in [1.807, 2.05) is 18.2 Å². The average Bonchev–Trinajstić information content (AvgIpc) is 2.92. The lowest BCUT2D eigenvalue weighted by atomic mass is 10.1. The number of nitro benzene ring substituents is 1. The molecule has 1 atom stereocenters. The lowest BCUT2D eigenvalue weighted by Gasteiger charge is -2.12. The molecule has 5 nitrogen and oxygen atoms in total. The van der Waals surface area contributed by atoms with Gasteiger partial charge in [-0.1, -0.05) is 19.1 Å². The Kier molecular flexibility index (Phi) is 5.11. The van der Waals surface area contributed by atoms with Crippen molar-refractivity contribution in [2.45, 2.75) is 38.8 Å². The molecule has 0 aliphatic heterocycles. The summed E-state index contributed by atoms with van der Waals surface area (Å²) in [5, 5.41) is 10.6. The lowest BCUT2D eigenvalue weighted by molar-refractivity contribution is -0.384. The molecule has 2 N–H and O–H groups in total. The predicted molar refractivity (Wildman–Crippen MR) is 83.2 cm³/mol. The first-order valence-electron chi connectivity index (χ1n) is 7.23. The van der Waals surface area contributed by atoms with Gasteiger partial charge >= 0.3 is 0 Å². The molecule has 0 aliphatic rings. The van der Waals surface area contributed by atoms with E-state index in [9.17, 15) is 10.1 Å². The van der Waals surface area contributed by atoms with E-state index in [0.717, 1.165) is 31.4 Å². The summed E-state index contributed by atoms with van der Waals surface area (Å²) in [5.74, 6) is 0. The van der Waals surface area contributed by atoms with E-state index in [1.54, 1.807) is 12.1 Å². The molecule has 5 heteroatoms. The van der Waals surface area contributed by atoms with Crippen LogP contribution in [-0.2, 0) is 19.4 Å². The number of benzene rings is 1. The fourth-order valence-electron chi connectivity index (χ4n) is 2.30. The molecule has 0 bridgehead atoms. The molecule has 1 aromatic heterocycles. The van der Waals surface area contributed by atoms with Crippen molar-refractivity contribution >= 4 is 5.69 Å². The summed E-state index contributed by atoms with van der Waals surface area (Å²) in [4.78, 5) is 10.2. The number of nitrogens with two attached hydrogens (primary N) is 1. The van der Waals surface area contributed by atoms with Crippen molar-refractivity contribution in [1.29, 1.82) is 0 Å². The van der Waals surface area contributed by atoms with Gasteiger partial charge in [0.15, 0.2) is 0 Å². The monoisotopic (exact) mass is 287 g/mol. The van der Waals surface area contributed by atoms with Gasteiger partial charge in [-0.15, -0.1) is 0 Å². The molecule has 1 aromatic carbocycles. The first-order chi connectivity index (χ1) is 10.1. The molecule has 21 heavy (non-hydrogen) atoms. The van der Waals surface area contributed by atoms with Gasteiger partial charge in [0.25, 0.3) is 5.69 Å². The van der Waals surface area contributed by atoms with Gasteiger partial charge in [-0.2, -0.15) is 0 Å². The minimum atomic E-state index is -0.375. The standard InChI is InChI=1S/C16H21N3O2/c1-2-14(17)12-16-4-3-10-18(16)11-9-13-5-7-15(8-6-13)19(20)21/h3-8,10,14H,2,9,11-12,17H2,1H3. The van der Waals surface area contributed by atoms with Crippen molar-refractivity contribution < 1.29 is 4.92 Å². The van der Waals surface area contributed by atoms with Crippen LogP contribution in [0.2, 0.25) is 0 Å². The van der Waals surface area contributed by atoms with Crippen LogP contribution in [0.15, 0.2) is 42.6 Å². The van der Waals surface area contributed by atoms with Crippen LogP contribution < -0.4 is 5.73 Å². The number of aromatic nitrogens is 1. The molecule has 0 amide bonds. The maximum absolute atomic E-state index is 10.6. The average molecular weight is 287 g/mol. The highest BCUT2D eigenvalue weighted by molar-refractivity contribution is 5.32. The highest BCUT2D eigenvalue weighted by Crippen LogP contribution is 2.14. The Morgan fingerprint density at radius 3 is 2.62 bits per heavy atom. The maximum atomic E-state index is 10.6. The Morgan fingerprint density at radius 1 is 1.29 bits per heavy atom. The molecule has 2 rings (SSSR count). The molecule has 0 fully saturated rings. The molecule has 0 radical (unpaired) electrons. The summed E-state index contributed by atoms with van der Waals surface area (Å²) in [7, 11) is 0. The molecule has 112 valence electrons. The Balaban J connectivity index is 1.97. The van der Waals surface area contributed by atoms with Gasteiger partial charge in [-0.25, -0.2) is 0 Å². The van der Waals surface area contributed by atoms with Crippen LogP contribution in [0.5, 0.6) is 0 Å². The van der Waals surface area contributed by atoms with Gasteiger partial charge in [0.05, 0.1) is 4.92 Å². The topological polar surface area (TPSA) is 74.1 Å². The second-order valence-electron chi connectivity index (χ2n) is 5.24. The van der Waals surface area contributed by atoms with Gasteiger partial charge in [0, 0.05) is 43.0 Å². The fraction of sp³-hybridized carbons (Fsp3) is 0.375. The molecule has 0 spiro atoms. The zero-order valence-corrected chi connectivity index (χ0v) is 12.2. The number of rotatable bonds is 7. The maximum Gasteiger partial charge on any atom is 0.269 e. The zero-order chi connectivity index (χ0) is 15.2. The quantitative estimate of drug-likeness (QED) is 0.628. The van der Waals surface area contributed by atoms with E-state index >= 15 is 0 Å². The second kappa shape index (κ2) is 7.04. The molecule has 1 unspecified atom stereocenters. The van der Waals surface area contributed by atoms with Crippen molar-refractivity contribution in [1.82, 2.24) is 4.57 Å². The number of nitrogens with zero attached hydrogens (tertiary/aromatic N) is 2. The fourth-order valence-corrected chi connectivity index (χ4v) is 2.30. The summed E-state index contributed by atoms with van der Waals surface area (Å²) < 4.78 is 2.21. The molecule has 1 heterocycles. The molecular formula is C16H21N3O2. The van der Waals surface area contributed by atoms with Gasteiger partial charge in [-0.3, -0.25) is 10.1 Å². The third-order valence-corrected chi connectivity index (χ3v) is 3.71. The number of non-ortho nitro benzene ring substituents is 1. The van der Waals surface area contributed by atoms with E-state index in [1.165, 1.54) is 5.69 Å². The van der Waals surface area contributed by atoms with Crippen LogP contribution in [-0.4, -0.2) is 15.5 Å². The molecule has 0 saturated heterocycles. The Morgan fingerprint density at radius 2 is 2.00 bits per heavy atom. The minimum absolute atomic E-state index is 0.134. The van der Waals surface area contributed by atoms with Crippen LogP contribution in [0.25, 0.3) is 0 Å². The second-order valence-corrected chi connectivity index (χ2v) is 5.24.